The number of ether oxygens (including phenoxy) is 2. The smallest absolute Gasteiger partial charge is 0.0637 e. The Morgan fingerprint density at radius 2 is 1.89 bits per heavy atom. The van der Waals surface area contributed by atoms with Crippen LogP contribution in [0.1, 0.15) is 12.0 Å². The van der Waals surface area contributed by atoms with E-state index in [1.807, 2.05) is 6.07 Å². The molecule has 0 aliphatic rings. The van der Waals surface area contributed by atoms with Gasteiger partial charge in [0.1, 0.15) is 0 Å². The highest BCUT2D eigenvalue weighted by Gasteiger charge is 2.11. The summed E-state index contributed by atoms with van der Waals surface area (Å²) in [7, 11) is 3.44. The third kappa shape index (κ3) is 5.69. The van der Waals surface area contributed by atoms with Gasteiger partial charge in [0.05, 0.1) is 6.61 Å². The molecular weight excluding hydrogens is 330 g/mol. The van der Waals surface area contributed by atoms with E-state index in [9.17, 15) is 0 Å². The molecule has 0 unspecified atom stereocenters. The summed E-state index contributed by atoms with van der Waals surface area (Å²) in [6.07, 6.45) is 0.981. The molecular formula is C14H21BrClNO2. The van der Waals surface area contributed by atoms with Crippen molar-refractivity contribution in [1.29, 1.82) is 0 Å². The summed E-state index contributed by atoms with van der Waals surface area (Å²) in [6, 6.07) is 6.19. The highest BCUT2D eigenvalue weighted by molar-refractivity contribution is 9.10. The molecule has 0 bridgehead atoms. The number of methoxy groups -OCH3 is 2. The molecule has 0 radical (unpaired) electrons. The van der Waals surface area contributed by atoms with Gasteiger partial charge in [-0.15, -0.1) is 11.6 Å². The van der Waals surface area contributed by atoms with Crippen molar-refractivity contribution >= 4 is 33.2 Å². The standard InChI is InChI=1S/C14H21BrClNO2/c1-18-8-3-6-17(7-9-19-2)14-10-13(15)5-4-12(14)11-16/h4-5,10H,3,6-9,11H2,1-2H3. The van der Waals surface area contributed by atoms with Crippen molar-refractivity contribution in [3.63, 3.8) is 0 Å². The summed E-state index contributed by atoms with van der Waals surface area (Å²) in [5, 5.41) is 0. The second-order valence-electron chi connectivity index (χ2n) is 4.23. The second-order valence-corrected chi connectivity index (χ2v) is 5.42. The summed E-state index contributed by atoms with van der Waals surface area (Å²) in [4.78, 5) is 2.30. The van der Waals surface area contributed by atoms with E-state index in [1.54, 1.807) is 14.2 Å². The van der Waals surface area contributed by atoms with E-state index in [-0.39, 0.29) is 0 Å². The molecule has 0 atom stereocenters. The topological polar surface area (TPSA) is 21.7 Å². The first kappa shape index (κ1) is 16.8. The van der Waals surface area contributed by atoms with Crippen LogP contribution < -0.4 is 4.90 Å². The molecule has 0 aromatic heterocycles. The number of hydrogen-bond donors (Lipinski definition) is 0. The highest BCUT2D eigenvalue weighted by atomic mass is 79.9. The minimum absolute atomic E-state index is 0.510. The first-order valence-corrected chi connectivity index (χ1v) is 7.63. The Balaban J connectivity index is 2.84. The van der Waals surface area contributed by atoms with Crippen molar-refractivity contribution in [2.45, 2.75) is 12.3 Å². The van der Waals surface area contributed by atoms with Crippen molar-refractivity contribution in [2.24, 2.45) is 0 Å². The van der Waals surface area contributed by atoms with Gasteiger partial charge >= 0.3 is 0 Å². The van der Waals surface area contributed by atoms with Crippen LogP contribution in [0, 0.1) is 0 Å². The predicted octanol–water partition coefficient (Wildman–Crippen LogP) is 3.68. The molecule has 0 saturated heterocycles. The molecule has 1 aromatic carbocycles. The van der Waals surface area contributed by atoms with Gasteiger partial charge in [-0.2, -0.15) is 0 Å². The zero-order valence-corrected chi connectivity index (χ0v) is 13.8. The lowest BCUT2D eigenvalue weighted by Gasteiger charge is -2.27. The monoisotopic (exact) mass is 349 g/mol. The van der Waals surface area contributed by atoms with Crippen LogP contribution in [0.2, 0.25) is 0 Å². The molecule has 0 fully saturated rings. The predicted molar refractivity (Wildman–Crippen MR) is 84.3 cm³/mol. The molecule has 1 aromatic rings. The number of hydrogen-bond acceptors (Lipinski definition) is 3. The van der Waals surface area contributed by atoms with Gasteiger partial charge in [-0.05, 0) is 24.1 Å². The number of alkyl halides is 1. The third-order valence-corrected chi connectivity index (χ3v) is 3.66. The van der Waals surface area contributed by atoms with Gasteiger partial charge in [-0.25, -0.2) is 0 Å². The zero-order chi connectivity index (χ0) is 14.1. The first-order valence-electron chi connectivity index (χ1n) is 6.30. The molecule has 0 aliphatic carbocycles. The molecule has 0 amide bonds. The maximum Gasteiger partial charge on any atom is 0.0637 e. The van der Waals surface area contributed by atoms with E-state index in [4.69, 9.17) is 21.1 Å². The lowest BCUT2D eigenvalue weighted by Crippen LogP contribution is -2.29. The molecule has 19 heavy (non-hydrogen) atoms. The minimum Gasteiger partial charge on any atom is -0.385 e. The summed E-state index contributed by atoms with van der Waals surface area (Å²) in [6.45, 7) is 3.23. The Labute approximate surface area is 129 Å². The van der Waals surface area contributed by atoms with Crippen LogP contribution in [0.4, 0.5) is 5.69 Å². The molecule has 0 heterocycles. The molecule has 1 rings (SSSR count). The van der Waals surface area contributed by atoms with Crippen LogP contribution in [0.25, 0.3) is 0 Å². The van der Waals surface area contributed by atoms with E-state index < -0.39 is 0 Å². The maximum absolute atomic E-state index is 6.03. The average molecular weight is 351 g/mol. The van der Waals surface area contributed by atoms with Crippen LogP contribution in [-0.2, 0) is 15.4 Å². The fraction of sp³-hybridized carbons (Fsp3) is 0.571. The van der Waals surface area contributed by atoms with Gasteiger partial charge in [0.25, 0.3) is 0 Å². The van der Waals surface area contributed by atoms with E-state index in [1.165, 1.54) is 0 Å². The van der Waals surface area contributed by atoms with Crippen molar-refractivity contribution in [1.82, 2.24) is 0 Å². The van der Waals surface area contributed by atoms with Gasteiger partial charge in [-0.3, -0.25) is 0 Å². The zero-order valence-electron chi connectivity index (χ0n) is 11.5. The van der Waals surface area contributed by atoms with E-state index >= 15 is 0 Å². The largest absolute Gasteiger partial charge is 0.385 e. The summed E-state index contributed by atoms with van der Waals surface area (Å²) in [5.41, 5.74) is 2.30. The Kier molecular flexibility index (Phi) is 8.46. The van der Waals surface area contributed by atoms with Crippen LogP contribution in [0.3, 0.4) is 0 Å². The number of rotatable bonds is 9. The molecule has 0 spiro atoms. The average Bonchev–Trinajstić information content (AvgIpc) is 2.42. The Bertz CT molecular complexity index is 376. The second kappa shape index (κ2) is 9.59. The number of anilines is 1. The van der Waals surface area contributed by atoms with Crippen molar-refractivity contribution < 1.29 is 9.47 Å². The lowest BCUT2D eigenvalue weighted by molar-refractivity contribution is 0.191. The van der Waals surface area contributed by atoms with Crippen molar-refractivity contribution in [3.8, 4) is 0 Å². The molecule has 5 heteroatoms. The van der Waals surface area contributed by atoms with Gasteiger partial charge in [0, 0.05) is 50.0 Å². The molecule has 0 N–H and O–H groups in total. The third-order valence-electron chi connectivity index (χ3n) is 2.87. The van der Waals surface area contributed by atoms with E-state index in [0.717, 1.165) is 41.8 Å². The molecule has 0 saturated carbocycles. The van der Waals surface area contributed by atoms with Crippen LogP contribution in [-0.4, -0.2) is 40.5 Å². The lowest BCUT2D eigenvalue weighted by atomic mass is 10.1. The minimum atomic E-state index is 0.510. The first-order chi connectivity index (χ1) is 9.22. The van der Waals surface area contributed by atoms with Gasteiger partial charge in [-0.1, -0.05) is 22.0 Å². The van der Waals surface area contributed by atoms with Crippen LogP contribution in [0.15, 0.2) is 22.7 Å². The summed E-state index contributed by atoms with van der Waals surface area (Å²) >= 11 is 9.54. The highest BCUT2D eigenvalue weighted by Crippen LogP contribution is 2.26. The maximum atomic E-state index is 6.03. The number of nitrogens with zero attached hydrogens (tertiary/aromatic N) is 1. The number of benzene rings is 1. The van der Waals surface area contributed by atoms with Gasteiger partial charge < -0.3 is 14.4 Å². The molecule has 108 valence electrons. The van der Waals surface area contributed by atoms with Crippen molar-refractivity contribution in [2.75, 3.05) is 45.4 Å². The van der Waals surface area contributed by atoms with Gasteiger partial charge in [0.15, 0.2) is 0 Å². The van der Waals surface area contributed by atoms with E-state index in [0.29, 0.717) is 12.5 Å². The summed E-state index contributed by atoms with van der Waals surface area (Å²) < 4.78 is 11.4. The molecule has 3 nitrogen and oxygen atoms in total. The molecule has 0 aliphatic heterocycles. The Morgan fingerprint density at radius 1 is 1.16 bits per heavy atom. The normalized spacial score (nSPS) is 10.7. The Morgan fingerprint density at radius 3 is 2.53 bits per heavy atom. The number of halogens is 2. The fourth-order valence-electron chi connectivity index (χ4n) is 1.90. The van der Waals surface area contributed by atoms with E-state index in [2.05, 4.69) is 33.0 Å². The summed E-state index contributed by atoms with van der Waals surface area (Å²) in [5.74, 6) is 0.510. The van der Waals surface area contributed by atoms with Crippen LogP contribution >= 0.6 is 27.5 Å². The fourth-order valence-corrected chi connectivity index (χ4v) is 2.47. The van der Waals surface area contributed by atoms with Crippen molar-refractivity contribution in [3.05, 3.63) is 28.2 Å². The van der Waals surface area contributed by atoms with Gasteiger partial charge in [0.2, 0.25) is 0 Å². The quantitative estimate of drug-likeness (QED) is 0.501. The van der Waals surface area contributed by atoms with Crippen LogP contribution in [0.5, 0.6) is 0 Å². The Hall–Kier alpha value is -0.290. The SMILES string of the molecule is COCCCN(CCOC)c1cc(Br)ccc1CCl.